The van der Waals surface area contributed by atoms with Crippen molar-refractivity contribution in [1.29, 1.82) is 0 Å². The summed E-state index contributed by atoms with van der Waals surface area (Å²) in [4.78, 5) is 14.0. The highest BCUT2D eigenvalue weighted by Gasteiger charge is 2.34. The number of aliphatic hydroxyl groups is 1. The van der Waals surface area contributed by atoms with Gasteiger partial charge in [-0.15, -0.1) is 0 Å². The number of hydrogen-bond acceptors (Lipinski definition) is 4. The van der Waals surface area contributed by atoms with Crippen molar-refractivity contribution in [3.63, 3.8) is 0 Å². The Bertz CT molecular complexity index is 605. The van der Waals surface area contributed by atoms with Crippen LogP contribution in [0, 0.1) is 11.8 Å². The van der Waals surface area contributed by atoms with Crippen molar-refractivity contribution in [2.45, 2.75) is 18.9 Å². The number of phenolic OH excluding ortho intramolecular Hbond substituents is 1. The molecule has 3 rings (SSSR count). The van der Waals surface area contributed by atoms with Crippen LogP contribution in [0.1, 0.15) is 24.4 Å². The molecule has 1 amide bonds. The van der Waals surface area contributed by atoms with Crippen LogP contribution in [0.15, 0.2) is 12.1 Å². The van der Waals surface area contributed by atoms with Crippen LogP contribution in [0.5, 0.6) is 5.75 Å². The van der Waals surface area contributed by atoms with E-state index in [1.165, 1.54) is 0 Å². The van der Waals surface area contributed by atoms with Crippen molar-refractivity contribution in [2.24, 2.45) is 11.8 Å². The quantitative estimate of drug-likeness (QED) is 0.771. The first-order valence-corrected chi connectivity index (χ1v) is 8.54. The summed E-state index contributed by atoms with van der Waals surface area (Å²) in [5.41, 5.74) is 0.610. The molecule has 2 aliphatic rings. The monoisotopic (exact) mass is 358 g/mol. The number of carbonyl (C=O) groups is 1. The molecule has 2 fully saturated rings. The fourth-order valence-electron chi connectivity index (χ4n) is 3.34. The average molecular weight is 359 g/mol. The van der Waals surface area contributed by atoms with E-state index >= 15 is 0 Å². The number of benzene rings is 1. The zero-order chi connectivity index (χ0) is 16.6. The van der Waals surface area contributed by atoms with Gasteiger partial charge in [0.2, 0.25) is 5.91 Å². The molecule has 7 heteroatoms. The summed E-state index contributed by atoms with van der Waals surface area (Å²) in [6, 6.07) is 3.01. The third kappa shape index (κ3) is 3.43. The van der Waals surface area contributed by atoms with E-state index in [1.54, 1.807) is 17.0 Å². The fourth-order valence-corrected chi connectivity index (χ4v) is 3.79. The van der Waals surface area contributed by atoms with Gasteiger partial charge in [-0.3, -0.25) is 4.79 Å². The standard InChI is InChI=1S/C16H20Cl2N2O3/c17-11-1-2-13(22)15(16(11)18)12-3-9(5-19-12)4-14(23)20-6-10(7-20)8-21/h1-2,9-10,12,19,21-22H,3-8H2/t9-,12+/m0/s1. The van der Waals surface area contributed by atoms with Crippen molar-refractivity contribution in [2.75, 3.05) is 26.2 Å². The van der Waals surface area contributed by atoms with Crippen LogP contribution >= 0.6 is 23.2 Å². The Hall–Kier alpha value is -1.01. The van der Waals surface area contributed by atoms with Crippen molar-refractivity contribution in [1.82, 2.24) is 10.2 Å². The number of carbonyl (C=O) groups excluding carboxylic acids is 1. The van der Waals surface area contributed by atoms with Crippen LogP contribution in [-0.4, -0.2) is 47.3 Å². The van der Waals surface area contributed by atoms with Gasteiger partial charge in [0.25, 0.3) is 0 Å². The molecule has 0 aromatic heterocycles. The highest BCUT2D eigenvalue weighted by atomic mass is 35.5. The van der Waals surface area contributed by atoms with Crippen molar-refractivity contribution in [3.8, 4) is 5.75 Å². The second kappa shape index (κ2) is 6.85. The van der Waals surface area contributed by atoms with Gasteiger partial charge >= 0.3 is 0 Å². The molecule has 2 aliphatic heterocycles. The van der Waals surface area contributed by atoms with Gasteiger partial charge in [-0.05, 0) is 31.0 Å². The Labute approximate surface area is 145 Å². The lowest BCUT2D eigenvalue weighted by molar-refractivity contribution is -0.139. The van der Waals surface area contributed by atoms with Crippen LogP contribution in [-0.2, 0) is 4.79 Å². The van der Waals surface area contributed by atoms with Crippen LogP contribution in [0.3, 0.4) is 0 Å². The minimum absolute atomic E-state index is 0.0967. The minimum atomic E-state index is -0.0967. The second-order valence-corrected chi connectivity index (χ2v) is 7.19. The summed E-state index contributed by atoms with van der Waals surface area (Å²) in [5, 5.41) is 23.2. The summed E-state index contributed by atoms with van der Waals surface area (Å²) < 4.78 is 0. The summed E-state index contributed by atoms with van der Waals surface area (Å²) >= 11 is 12.2. The summed E-state index contributed by atoms with van der Waals surface area (Å²) in [6.45, 7) is 2.15. The maximum atomic E-state index is 12.2. The first-order chi connectivity index (χ1) is 11.0. The first-order valence-electron chi connectivity index (χ1n) is 7.78. The smallest absolute Gasteiger partial charge is 0.222 e. The minimum Gasteiger partial charge on any atom is -0.508 e. The van der Waals surface area contributed by atoms with Gasteiger partial charge in [0.05, 0.1) is 10.0 Å². The number of aliphatic hydroxyl groups excluding tert-OH is 1. The van der Waals surface area contributed by atoms with E-state index in [-0.39, 0.29) is 36.1 Å². The second-order valence-electron chi connectivity index (χ2n) is 6.41. The highest BCUT2D eigenvalue weighted by molar-refractivity contribution is 6.42. The fraction of sp³-hybridized carbons (Fsp3) is 0.562. The summed E-state index contributed by atoms with van der Waals surface area (Å²) in [6.07, 6.45) is 1.21. The zero-order valence-corrected chi connectivity index (χ0v) is 14.1. The van der Waals surface area contributed by atoms with E-state index in [0.717, 1.165) is 6.42 Å². The number of amides is 1. The summed E-state index contributed by atoms with van der Waals surface area (Å²) in [7, 11) is 0. The molecule has 126 valence electrons. The number of nitrogens with zero attached hydrogens (tertiary/aromatic N) is 1. The van der Waals surface area contributed by atoms with Gasteiger partial charge in [-0.25, -0.2) is 0 Å². The Morgan fingerprint density at radius 2 is 2.04 bits per heavy atom. The van der Waals surface area contributed by atoms with E-state index in [9.17, 15) is 9.90 Å². The molecular formula is C16H20Cl2N2O3. The Morgan fingerprint density at radius 1 is 1.30 bits per heavy atom. The van der Waals surface area contributed by atoms with Crippen molar-refractivity contribution >= 4 is 29.1 Å². The molecule has 0 unspecified atom stereocenters. The molecule has 2 heterocycles. The molecule has 0 saturated carbocycles. The maximum Gasteiger partial charge on any atom is 0.222 e. The third-order valence-electron chi connectivity index (χ3n) is 4.71. The number of aromatic hydroxyl groups is 1. The number of halogens is 2. The molecule has 3 N–H and O–H groups in total. The maximum absolute atomic E-state index is 12.2. The first kappa shape index (κ1) is 16.8. The van der Waals surface area contributed by atoms with Crippen LogP contribution in [0.2, 0.25) is 10.0 Å². The molecule has 1 aromatic rings. The molecule has 1 aromatic carbocycles. The van der Waals surface area contributed by atoms with Gasteiger partial charge in [-0.1, -0.05) is 23.2 Å². The normalized spacial score (nSPS) is 24.7. The summed E-state index contributed by atoms with van der Waals surface area (Å²) in [5.74, 6) is 0.687. The Morgan fingerprint density at radius 3 is 2.74 bits per heavy atom. The zero-order valence-electron chi connectivity index (χ0n) is 12.6. The van der Waals surface area contributed by atoms with Crippen molar-refractivity contribution < 1.29 is 15.0 Å². The number of rotatable bonds is 4. The number of phenols is 1. The lowest BCUT2D eigenvalue weighted by Crippen LogP contribution is -2.51. The molecular weight excluding hydrogens is 339 g/mol. The van der Waals surface area contributed by atoms with Gasteiger partial charge < -0.3 is 20.4 Å². The Balaban J connectivity index is 1.59. The van der Waals surface area contributed by atoms with Gasteiger partial charge in [0.15, 0.2) is 0 Å². The lowest BCUT2D eigenvalue weighted by Gasteiger charge is -2.38. The molecule has 23 heavy (non-hydrogen) atoms. The molecule has 2 atom stereocenters. The number of nitrogens with one attached hydrogen (secondary N) is 1. The SMILES string of the molecule is O=C(C[C@H]1CN[C@@H](c2c(O)ccc(Cl)c2Cl)C1)N1CC(CO)C1. The topological polar surface area (TPSA) is 72.8 Å². The molecule has 0 bridgehead atoms. The van der Waals surface area contributed by atoms with E-state index < -0.39 is 0 Å². The number of likely N-dealkylation sites (tertiary alicyclic amines) is 1. The van der Waals surface area contributed by atoms with E-state index in [1.807, 2.05) is 0 Å². The van der Waals surface area contributed by atoms with Gasteiger partial charge in [-0.2, -0.15) is 0 Å². The predicted octanol–water partition coefficient (Wildman–Crippen LogP) is 2.19. The molecule has 5 nitrogen and oxygen atoms in total. The highest BCUT2D eigenvalue weighted by Crippen LogP contribution is 2.41. The average Bonchev–Trinajstić information content (AvgIpc) is 2.90. The molecule has 2 saturated heterocycles. The molecule has 0 aliphatic carbocycles. The third-order valence-corrected chi connectivity index (χ3v) is 5.53. The van der Waals surface area contributed by atoms with Crippen LogP contribution < -0.4 is 5.32 Å². The van der Waals surface area contributed by atoms with E-state index in [4.69, 9.17) is 28.3 Å². The number of hydrogen-bond donors (Lipinski definition) is 3. The Kier molecular flexibility index (Phi) is 5.01. The molecule has 0 spiro atoms. The van der Waals surface area contributed by atoms with E-state index in [0.29, 0.717) is 41.7 Å². The lowest BCUT2D eigenvalue weighted by atomic mass is 9.94. The van der Waals surface area contributed by atoms with Crippen molar-refractivity contribution in [3.05, 3.63) is 27.7 Å². The predicted molar refractivity (Wildman–Crippen MR) is 88.8 cm³/mol. The largest absolute Gasteiger partial charge is 0.508 e. The van der Waals surface area contributed by atoms with Gasteiger partial charge in [0.1, 0.15) is 5.75 Å². The van der Waals surface area contributed by atoms with E-state index in [2.05, 4.69) is 5.32 Å². The molecule has 0 radical (unpaired) electrons. The van der Waals surface area contributed by atoms with Gasteiger partial charge in [0, 0.05) is 43.6 Å². The van der Waals surface area contributed by atoms with Crippen LogP contribution in [0.25, 0.3) is 0 Å². The van der Waals surface area contributed by atoms with Crippen LogP contribution in [0.4, 0.5) is 0 Å².